The molecule has 3 aromatic heterocycles. The number of aliphatic hydroxyl groups excluding tert-OH is 1. The molecule has 5 heterocycles. The quantitative estimate of drug-likeness (QED) is 0.0512. The third-order valence-corrected chi connectivity index (χ3v) is 13.7. The number of aromatic nitrogens is 5. The Morgan fingerprint density at radius 2 is 1.46 bits per heavy atom. The zero-order valence-corrected chi connectivity index (χ0v) is 40.0. The molecule has 0 bridgehead atoms. The lowest BCUT2D eigenvalue weighted by Crippen LogP contribution is -2.46. The van der Waals surface area contributed by atoms with Crippen LogP contribution in [0.2, 0.25) is 0 Å². The van der Waals surface area contributed by atoms with Crippen LogP contribution in [0.25, 0.3) is 33.2 Å². The summed E-state index contributed by atoms with van der Waals surface area (Å²) in [5.74, 6) is -0.0559. The van der Waals surface area contributed by atoms with Crippen LogP contribution in [0.4, 0.5) is 5.95 Å². The van der Waals surface area contributed by atoms with Gasteiger partial charge in [-0.2, -0.15) is 4.98 Å². The van der Waals surface area contributed by atoms with E-state index in [-0.39, 0.29) is 24.1 Å². The fourth-order valence-corrected chi connectivity index (χ4v) is 9.68. The number of nitrogens with zero attached hydrogens (tertiary/aromatic N) is 7. The predicted octanol–water partition coefficient (Wildman–Crippen LogP) is 5.23. The van der Waals surface area contributed by atoms with E-state index in [0.29, 0.717) is 76.8 Å². The highest BCUT2D eigenvalue weighted by atomic mass is 16.6. The lowest BCUT2D eigenvalue weighted by Gasteiger charge is -2.34. The van der Waals surface area contributed by atoms with Gasteiger partial charge in [0.05, 0.1) is 63.4 Å². The molecule has 0 spiro atoms. The van der Waals surface area contributed by atoms with E-state index in [4.69, 9.17) is 28.9 Å². The van der Waals surface area contributed by atoms with E-state index in [2.05, 4.69) is 62.4 Å². The van der Waals surface area contributed by atoms with Gasteiger partial charge in [-0.15, -0.1) is 0 Å². The van der Waals surface area contributed by atoms with Crippen LogP contribution in [0.3, 0.4) is 0 Å². The predicted molar refractivity (Wildman–Crippen MR) is 262 cm³/mol. The monoisotopic (exact) mass is 938 g/mol. The van der Waals surface area contributed by atoms with Gasteiger partial charge in [0.15, 0.2) is 0 Å². The average molecular weight is 938 g/mol. The molecule has 2 aliphatic heterocycles. The van der Waals surface area contributed by atoms with Gasteiger partial charge in [-0.1, -0.05) is 43.7 Å². The highest BCUT2D eigenvalue weighted by molar-refractivity contribution is 6.00. The number of fused-ring (bicyclic) bond motifs is 2. The van der Waals surface area contributed by atoms with Crippen molar-refractivity contribution in [1.29, 1.82) is 0 Å². The number of aliphatic hydroxyl groups is 1. The number of amides is 2. The van der Waals surface area contributed by atoms with Crippen molar-refractivity contribution in [3.05, 3.63) is 76.5 Å². The average Bonchev–Trinajstić information content (AvgIpc) is 3.84. The summed E-state index contributed by atoms with van der Waals surface area (Å²) in [5, 5.41) is 17.0. The van der Waals surface area contributed by atoms with Crippen LogP contribution in [0.5, 0.6) is 0 Å². The van der Waals surface area contributed by atoms with E-state index in [1.807, 2.05) is 24.4 Å². The van der Waals surface area contributed by atoms with Gasteiger partial charge in [0.25, 0.3) is 0 Å². The summed E-state index contributed by atoms with van der Waals surface area (Å²) < 4.78 is 28.4. The Bertz CT molecular complexity index is 2470. The second-order valence-corrected chi connectivity index (χ2v) is 18.5. The van der Waals surface area contributed by atoms with Gasteiger partial charge in [-0.05, 0) is 80.2 Å². The lowest BCUT2D eigenvalue weighted by molar-refractivity contribution is -0.135. The Hall–Kier alpha value is -5.01. The Morgan fingerprint density at radius 1 is 0.779 bits per heavy atom. The maximum absolute atomic E-state index is 13.0. The van der Waals surface area contributed by atoms with E-state index in [0.717, 1.165) is 125 Å². The van der Waals surface area contributed by atoms with Crippen LogP contribution in [-0.2, 0) is 48.5 Å². The first-order chi connectivity index (χ1) is 33.2. The van der Waals surface area contributed by atoms with Gasteiger partial charge in [0, 0.05) is 95.3 Å². The van der Waals surface area contributed by atoms with Crippen LogP contribution in [-0.4, -0.2) is 149 Å². The second kappa shape index (κ2) is 24.5. The minimum Gasteiger partial charge on any atom is -0.393 e. The third-order valence-electron chi connectivity index (χ3n) is 13.7. The number of rotatable bonds is 25. The van der Waals surface area contributed by atoms with E-state index in [1.165, 1.54) is 15.7 Å². The summed E-state index contributed by atoms with van der Waals surface area (Å²) in [4.78, 5) is 51.8. The number of imide groups is 1. The molecule has 8 rings (SSSR count). The van der Waals surface area contributed by atoms with Crippen molar-refractivity contribution < 1.29 is 33.6 Å². The van der Waals surface area contributed by atoms with Gasteiger partial charge >= 0.3 is 5.69 Å². The number of nitrogens with one attached hydrogen (secondary N) is 2. The van der Waals surface area contributed by atoms with Crippen LogP contribution in [0.1, 0.15) is 87.9 Å². The molecule has 3 fully saturated rings. The van der Waals surface area contributed by atoms with Crippen LogP contribution >= 0.6 is 0 Å². The van der Waals surface area contributed by atoms with Gasteiger partial charge in [-0.3, -0.25) is 33.8 Å². The molecule has 1 atom stereocenters. The molecule has 0 unspecified atom stereocenters. The molecule has 17 nitrogen and oxygen atoms in total. The van der Waals surface area contributed by atoms with Crippen molar-refractivity contribution in [2.24, 2.45) is 7.05 Å². The van der Waals surface area contributed by atoms with Crippen molar-refractivity contribution in [1.82, 2.24) is 38.8 Å². The zero-order chi connectivity index (χ0) is 47.2. The summed E-state index contributed by atoms with van der Waals surface area (Å²) in [6.45, 7) is 13.4. The maximum atomic E-state index is 13.0. The highest BCUT2D eigenvalue weighted by Crippen LogP contribution is 2.37. The minimum absolute atomic E-state index is 0.201. The number of ether oxygens (including phenoxy) is 4. The molecule has 3 N–H and O–H groups in total. The summed E-state index contributed by atoms with van der Waals surface area (Å²) in [5.41, 5.74) is 6.88. The summed E-state index contributed by atoms with van der Waals surface area (Å²) >= 11 is 0. The highest BCUT2D eigenvalue weighted by Gasteiger charge is 2.31. The normalized spacial score (nSPS) is 19.6. The number of anilines is 1. The summed E-state index contributed by atoms with van der Waals surface area (Å²) in [6, 6.07) is 14.5. The van der Waals surface area contributed by atoms with Gasteiger partial charge in [0.2, 0.25) is 17.8 Å². The molecule has 3 aliphatic rings. The number of piperidine rings is 1. The Labute approximate surface area is 399 Å². The van der Waals surface area contributed by atoms with Crippen LogP contribution in [0, 0.1) is 0 Å². The first-order valence-corrected chi connectivity index (χ1v) is 24.9. The number of piperazine rings is 1. The van der Waals surface area contributed by atoms with E-state index in [9.17, 15) is 19.5 Å². The Balaban J connectivity index is 0.651. The molecule has 2 amide bonds. The number of aryl methyl sites for hydroxylation is 2. The number of hydrogen-bond acceptors (Lipinski definition) is 13. The SMILES string of the molecule is CCCCNc1ncc2c(-c3ccc(CN4CCN(CCOCCOCCOCCOCCCc5ccc6c(c5)n(C)c(=O)n6[C@H]5CCC(=O)NC5=O)CC4)cc3)cn([C@H]3CC[C@H](O)CC3)c2n1. The van der Waals surface area contributed by atoms with Crippen molar-refractivity contribution in [2.75, 3.05) is 97.4 Å². The minimum atomic E-state index is -0.688. The standard InChI is InChI=1S/C51H71N9O8/c1-3-4-19-52-50-53-34-42-43(36-59(48(42)55-50)40-12-14-41(61)15-13-40)39-10-7-38(8-11-39)35-58-22-20-57(21-23-58)24-26-66-28-30-68-32-31-67-29-27-65-25-5-6-37-9-16-44-46(33-37)56(2)51(64)60(44)45-17-18-47(62)54-49(45)63/h7-11,16,33-34,36,40-41,45,61H,3-6,12-15,17-32,35H2,1-2H3,(H,52,53,55)(H,54,62,63)/t40-,41-,45-/m0/s1. The number of carbonyl (C=O) groups excluding carboxylic acids is 2. The Kier molecular flexibility index (Phi) is 17.8. The molecule has 368 valence electrons. The van der Waals surface area contributed by atoms with Gasteiger partial charge in [0.1, 0.15) is 11.7 Å². The van der Waals surface area contributed by atoms with Gasteiger partial charge in [-0.25, -0.2) is 9.78 Å². The van der Waals surface area contributed by atoms with Crippen molar-refractivity contribution in [2.45, 2.75) is 95.9 Å². The van der Waals surface area contributed by atoms with E-state index >= 15 is 0 Å². The molecule has 68 heavy (non-hydrogen) atoms. The molecular weight excluding hydrogens is 867 g/mol. The smallest absolute Gasteiger partial charge is 0.329 e. The fourth-order valence-electron chi connectivity index (χ4n) is 9.68. The molecule has 1 aliphatic carbocycles. The summed E-state index contributed by atoms with van der Waals surface area (Å²) in [7, 11) is 1.71. The first kappa shape index (κ1) is 49.4. The van der Waals surface area contributed by atoms with Gasteiger partial charge < -0.3 is 33.9 Å². The number of hydrogen-bond donors (Lipinski definition) is 3. The van der Waals surface area contributed by atoms with Crippen LogP contribution < -0.4 is 16.3 Å². The largest absolute Gasteiger partial charge is 0.393 e. The number of imidazole rings is 1. The van der Waals surface area contributed by atoms with E-state index < -0.39 is 11.9 Å². The van der Waals surface area contributed by atoms with Crippen LogP contribution in [0.15, 0.2) is 59.7 Å². The van der Waals surface area contributed by atoms with Crippen molar-refractivity contribution in [3.63, 3.8) is 0 Å². The zero-order valence-electron chi connectivity index (χ0n) is 40.0. The third kappa shape index (κ3) is 12.8. The number of benzene rings is 2. The topological polar surface area (TPSA) is 179 Å². The molecule has 17 heteroatoms. The van der Waals surface area contributed by atoms with E-state index in [1.54, 1.807) is 11.6 Å². The lowest BCUT2D eigenvalue weighted by atomic mass is 9.93. The number of carbonyl (C=O) groups is 2. The van der Waals surface area contributed by atoms with Crippen molar-refractivity contribution in [3.8, 4) is 11.1 Å². The second-order valence-electron chi connectivity index (χ2n) is 18.5. The Morgan fingerprint density at radius 3 is 2.16 bits per heavy atom. The van der Waals surface area contributed by atoms with Crippen molar-refractivity contribution >= 4 is 39.8 Å². The number of unbranched alkanes of at least 4 members (excludes halogenated alkanes) is 1. The summed E-state index contributed by atoms with van der Waals surface area (Å²) in [6.07, 6.45) is 11.9. The molecule has 2 saturated heterocycles. The molecule has 2 aromatic carbocycles. The first-order valence-electron chi connectivity index (χ1n) is 24.9. The molecule has 5 aromatic rings. The fraction of sp³-hybridized carbons (Fsp3) is 0.588. The maximum Gasteiger partial charge on any atom is 0.329 e. The molecule has 1 saturated carbocycles. The molecular formula is C51H71N9O8. The molecule has 0 radical (unpaired) electrons.